The van der Waals surface area contributed by atoms with Crippen LogP contribution in [0.25, 0.3) is 0 Å². The summed E-state index contributed by atoms with van der Waals surface area (Å²) in [4.78, 5) is 14.4. The van der Waals surface area contributed by atoms with E-state index in [1.54, 1.807) is 12.0 Å². The van der Waals surface area contributed by atoms with E-state index in [1.165, 1.54) is 0 Å². The minimum atomic E-state index is -0.734. The van der Waals surface area contributed by atoms with Crippen LogP contribution in [0.2, 0.25) is 0 Å². The van der Waals surface area contributed by atoms with E-state index in [2.05, 4.69) is 21.2 Å². The Morgan fingerprint density at radius 1 is 1.29 bits per heavy atom. The van der Waals surface area contributed by atoms with Gasteiger partial charge in [0.25, 0.3) is 0 Å². The van der Waals surface area contributed by atoms with Gasteiger partial charge in [0, 0.05) is 22.1 Å². The van der Waals surface area contributed by atoms with Crippen LogP contribution in [-0.4, -0.2) is 18.9 Å². The Morgan fingerprint density at radius 3 is 2.75 bits per heavy atom. The molecule has 6 heteroatoms. The molecule has 2 aliphatic heterocycles. The normalized spacial score (nSPS) is 24.7. The predicted octanol–water partition coefficient (Wildman–Crippen LogP) is 4.23. The summed E-state index contributed by atoms with van der Waals surface area (Å²) in [5.41, 5.74) is 1.04. The molecular formula is C18H17BrN2O3. The summed E-state index contributed by atoms with van der Waals surface area (Å²) < 4.78 is 12.4. The number of amides is 2. The largest absolute Gasteiger partial charge is 0.497 e. The van der Waals surface area contributed by atoms with Crippen molar-refractivity contribution in [2.75, 3.05) is 12.0 Å². The number of ether oxygens (including phenoxy) is 2. The number of hydrogen-bond donors (Lipinski definition) is 1. The van der Waals surface area contributed by atoms with Gasteiger partial charge in [-0.05, 0) is 49.4 Å². The zero-order chi connectivity index (χ0) is 16.9. The molecule has 2 amide bonds. The summed E-state index contributed by atoms with van der Waals surface area (Å²) in [6, 6.07) is 13.1. The fraction of sp³-hybridized carbons (Fsp3) is 0.278. The molecule has 5 nitrogen and oxygen atoms in total. The molecule has 2 aliphatic rings. The summed E-state index contributed by atoms with van der Waals surface area (Å²) in [5.74, 6) is 1.55. The van der Waals surface area contributed by atoms with E-state index in [-0.39, 0.29) is 12.1 Å². The highest BCUT2D eigenvalue weighted by atomic mass is 79.9. The highest BCUT2D eigenvalue weighted by Gasteiger charge is 2.49. The first kappa shape index (κ1) is 15.3. The Kier molecular flexibility index (Phi) is 3.46. The van der Waals surface area contributed by atoms with Crippen molar-refractivity contribution in [3.05, 3.63) is 52.5 Å². The van der Waals surface area contributed by atoms with Crippen LogP contribution in [0.4, 0.5) is 10.5 Å². The maximum absolute atomic E-state index is 12.8. The predicted molar refractivity (Wildman–Crippen MR) is 94.5 cm³/mol. The van der Waals surface area contributed by atoms with Crippen LogP contribution in [-0.2, 0) is 0 Å². The second kappa shape index (κ2) is 5.41. The first-order valence-electron chi connectivity index (χ1n) is 7.73. The van der Waals surface area contributed by atoms with Gasteiger partial charge in [0.15, 0.2) is 5.72 Å². The molecule has 2 aromatic carbocycles. The third-order valence-corrected chi connectivity index (χ3v) is 5.06. The quantitative estimate of drug-likeness (QED) is 0.837. The minimum absolute atomic E-state index is 0.0572. The molecule has 1 saturated heterocycles. The first-order valence-corrected chi connectivity index (χ1v) is 8.53. The molecule has 2 aromatic rings. The average molecular weight is 389 g/mol. The molecule has 0 saturated carbocycles. The molecule has 0 spiro atoms. The van der Waals surface area contributed by atoms with Crippen LogP contribution in [0.3, 0.4) is 0 Å². The number of rotatable bonds is 2. The number of hydrogen-bond acceptors (Lipinski definition) is 3. The van der Waals surface area contributed by atoms with Gasteiger partial charge in [-0.1, -0.05) is 15.9 Å². The van der Waals surface area contributed by atoms with E-state index in [4.69, 9.17) is 9.47 Å². The second-order valence-electron chi connectivity index (χ2n) is 6.20. The number of nitrogens with zero attached hydrogens (tertiary/aromatic N) is 1. The molecule has 0 radical (unpaired) electrons. The molecule has 0 unspecified atom stereocenters. The molecule has 2 heterocycles. The number of carbonyl (C=O) groups excluding carboxylic acids is 1. The Hall–Kier alpha value is -2.21. The van der Waals surface area contributed by atoms with E-state index in [9.17, 15) is 4.79 Å². The summed E-state index contributed by atoms with van der Waals surface area (Å²) in [6.45, 7) is 1.95. The van der Waals surface area contributed by atoms with Crippen molar-refractivity contribution in [3.63, 3.8) is 0 Å². The smallest absolute Gasteiger partial charge is 0.325 e. The SMILES string of the molecule is COc1ccc(N2C(=O)N[C@@H]3C[C@@]2(C)Oc2ccc(Br)cc23)cc1. The Labute approximate surface area is 148 Å². The van der Waals surface area contributed by atoms with Crippen LogP contribution < -0.4 is 19.7 Å². The number of benzene rings is 2. The fourth-order valence-corrected chi connectivity index (χ4v) is 3.85. The zero-order valence-electron chi connectivity index (χ0n) is 13.4. The van der Waals surface area contributed by atoms with Crippen molar-refractivity contribution in [1.82, 2.24) is 5.32 Å². The van der Waals surface area contributed by atoms with E-state index < -0.39 is 5.72 Å². The fourth-order valence-electron chi connectivity index (χ4n) is 3.47. The van der Waals surface area contributed by atoms with Gasteiger partial charge in [0.05, 0.1) is 13.2 Å². The summed E-state index contributed by atoms with van der Waals surface area (Å²) in [5, 5.41) is 3.09. The van der Waals surface area contributed by atoms with Gasteiger partial charge < -0.3 is 14.8 Å². The van der Waals surface area contributed by atoms with Crippen LogP contribution in [0.1, 0.15) is 24.9 Å². The number of anilines is 1. The van der Waals surface area contributed by atoms with Gasteiger partial charge in [-0.3, -0.25) is 4.90 Å². The lowest BCUT2D eigenvalue weighted by molar-refractivity contribution is 0.0378. The topological polar surface area (TPSA) is 50.8 Å². The first-order chi connectivity index (χ1) is 11.5. The van der Waals surface area contributed by atoms with Crippen LogP contribution in [0, 0.1) is 0 Å². The van der Waals surface area contributed by atoms with Gasteiger partial charge in [-0.2, -0.15) is 0 Å². The van der Waals surface area contributed by atoms with E-state index in [0.29, 0.717) is 6.42 Å². The molecule has 2 bridgehead atoms. The third kappa shape index (κ3) is 2.33. The van der Waals surface area contributed by atoms with Crippen molar-refractivity contribution in [2.45, 2.75) is 25.1 Å². The third-order valence-electron chi connectivity index (χ3n) is 4.56. The van der Waals surface area contributed by atoms with Crippen molar-refractivity contribution in [1.29, 1.82) is 0 Å². The van der Waals surface area contributed by atoms with Gasteiger partial charge in [-0.25, -0.2) is 4.79 Å². The van der Waals surface area contributed by atoms with Gasteiger partial charge in [-0.15, -0.1) is 0 Å². The lowest BCUT2D eigenvalue weighted by atomic mass is 9.90. The number of halogens is 1. The summed E-state index contributed by atoms with van der Waals surface area (Å²) >= 11 is 3.48. The summed E-state index contributed by atoms with van der Waals surface area (Å²) in [6.07, 6.45) is 0.675. The zero-order valence-corrected chi connectivity index (χ0v) is 15.0. The maximum Gasteiger partial charge on any atom is 0.325 e. The monoisotopic (exact) mass is 388 g/mol. The van der Waals surface area contributed by atoms with E-state index in [0.717, 1.165) is 27.2 Å². The lowest BCUT2D eigenvalue weighted by Crippen LogP contribution is -2.65. The van der Waals surface area contributed by atoms with Crippen LogP contribution in [0.15, 0.2) is 46.9 Å². The molecule has 0 aromatic heterocycles. The molecule has 1 fully saturated rings. The Morgan fingerprint density at radius 2 is 2.04 bits per heavy atom. The highest BCUT2D eigenvalue weighted by Crippen LogP contribution is 2.46. The number of urea groups is 1. The molecule has 24 heavy (non-hydrogen) atoms. The van der Waals surface area contributed by atoms with Gasteiger partial charge >= 0.3 is 6.03 Å². The number of methoxy groups -OCH3 is 1. The maximum atomic E-state index is 12.8. The van der Waals surface area contributed by atoms with E-state index >= 15 is 0 Å². The average Bonchev–Trinajstić information content (AvgIpc) is 2.55. The van der Waals surface area contributed by atoms with Gasteiger partial charge in [0.1, 0.15) is 11.5 Å². The minimum Gasteiger partial charge on any atom is -0.497 e. The number of nitrogens with one attached hydrogen (secondary N) is 1. The van der Waals surface area contributed by atoms with Crippen molar-refractivity contribution in [3.8, 4) is 11.5 Å². The molecule has 124 valence electrons. The molecule has 0 aliphatic carbocycles. The molecular weight excluding hydrogens is 372 g/mol. The standard InChI is InChI=1S/C18H17BrN2O3/c1-18-10-15(14-9-11(19)3-8-16(14)24-18)20-17(22)21(18)12-4-6-13(23-2)7-5-12/h3-9,15H,10H2,1-2H3,(H,20,22)/t15-,18-/m1/s1. The summed E-state index contributed by atoms with van der Waals surface area (Å²) in [7, 11) is 1.62. The highest BCUT2D eigenvalue weighted by molar-refractivity contribution is 9.10. The van der Waals surface area contributed by atoms with Crippen LogP contribution >= 0.6 is 15.9 Å². The lowest BCUT2D eigenvalue weighted by Gasteiger charge is -2.50. The van der Waals surface area contributed by atoms with Gasteiger partial charge in [0.2, 0.25) is 0 Å². The second-order valence-corrected chi connectivity index (χ2v) is 7.11. The number of fused-ring (bicyclic) bond motifs is 4. The Balaban J connectivity index is 1.76. The Bertz CT molecular complexity index is 808. The van der Waals surface area contributed by atoms with Crippen molar-refractivity contribution < 1.29 is 14.3 Å². The van der Waals surface area contributed by atoms with Crippen LogP contribution in [0.5, 0.6) is 11.5 Å². The van der Waals surface area contributed by atoms with Crippen molar-refractivity contribution in [2.24, 2.45) is 0 Å². The molecule has 1 N–H and O–H groups in total. The van der Waals surface area contributed by atoms with Crippen molar-refractivity contribution >= 4 is 27.6 Å². The molecule has 4 rings (SSSR count). The number of carbonyl (C=O) groups is 1. The van der Waals surface area contributed by atoms with E-state index in [1.807, 2.05) is 49.4 Å². The molecule has 2 atom stereocenters.